The molecule has 0 aliphatic carbocycles. The summed E-state index contributed by atoms with van der Waals surface area (Å²) in [6.07, 6.45) is 0.967. The molecule has 0 bridgehead atoms. The zero-order chi connectivity index (χ0) is 13.0. The second kappa shape index (κ2) is 5.62. The van der Waals surface area contributed by atoms with E-state index in [2.05, 4.69) is 48.1 Å². The van der Waals surface area contributed by atoms with Crippen molar-refractivity contribution in [3.8, 4) is 0 Å². The Morgan fingerprint density at radius 1 is 0.938 bits per heavy atom. The van der Waals surface area contributed by atoms with Crippen molar-refractivity contribution < 1.29 is 8.85 Å². The van der Waals surface area contributed by atoms with Gasteiger partial charge in [0, 0.05) is 0 Å². The van der Waals surface area contributed by atoms with Crippen LogP contribution < -0.4 is 5.73 Å². The van der Waals surface area contributed by atoms with E-state index < -0.39 is 8.56 Å². The Hall–Kier alpha value is 0.0969. The lowest BCUT2D eigenvalue weighted by Gasteiger charge is -2.39. The molecule has 0 rings (SSSR count). The molecule has 16 heavy (non-hydrogen) atoms. The van der Waals surface area contributed by atoms with E-state index in [-0.39, 0.29) is 11.2 Å². The van der Waals surface area contributed by atoms with Crippen LogP contribution in [0.3, 0.4) is 0 Å². The predicted molar refractivity (Wildman–Crippen MR) is 71.8 cm³/mol. The fourth-order valence-corrected chi connectivity index (χ4v) is 5.52. The first kappa shape index (κ1) is 16.1. The maximum atomic E-state index is 6.16. The van der Waals surface area contributed by atoms with Gasteiger partial charge >= 0.3 is 8.56 Å². The summed E-state index contributed by atoms with van der Waals surface area (Å²) in [6, 6.07) is 0.956. The van der Waals surface area contributed by atoms with Crippen molar-refractivity contribution in [3.63, 3.8) is 0 Å². The van der Waals surface area contributed by atoms with Crippen LogP contribution in [-0.4, -0.2) is 26.3 Å². The van der Waals surface area contributed by atoms with Crippen LogP contribution in [-0.2, 0) is 8.85 Å². The third-order valence-electron chi connectivity index (χ3n) is 1.88. The van der Waals surface area contributed by atoms with Crippen LogP contribution >= 0.6 is 0 Å². The molecule has 0 aliphatic rings. The lowest BCUT2D eigenvalue weighted by Crippen LogP contribution is -2.49. The molecule has 0 unspecified atom stereocenters. The molecule has 0 amide bonds. The fraction of sp³-hybridized carbons (Fsp3) is 1.00. The lowest BCUT2D eigenvalue weighted by atomic mass is 10.2. The lowest BCUT2D eigenvalue weighted by molar-refractivity contribution is 0.0174. The van der Waals surface area contributed by atoms with Gasteiger partial charge in [-0.05, 0) is 67.1 Å². The SMILES string of the molecule is CC(C)(C)O[Si](C)(CCCN)OC(C)(C)C. The predicted octanol–water partition coefficient (Wildman–Crippen LogP) is 3.04. The highest BCUT2D eigenvalue weighted by Crippen LogP contribution is 2.27. The van der Waals surface area contributed by atoms with E-state index in [0.717, 1.165) is 12.5 Å². The molecule has 0 aromatic heterocycles. The highest BCUT2D eigenvalue weighted by molar-refractivity contribution is 6.66. The van der Waals surface area contributed by atoms with E-state index in [9.17, 15) is 0 Å². The van der Waals surface area contributed by atoms with Gasteiger partial charge in [0.15, 0.2) is 0 Å². The average molecular weight is 247 g/mol. The Labute approximate surface area is 102 Å². The van der Waals surface area contributed by atoms with E-state index in [4.69, 9.17) is 14.6 Å². The first-order valence-corrected chi connectivity index (χ1v) is 8.60. The fourth-order valence-electron chi connectivity index (χ4n) is 1.84. The van der Waals surface area contributed by atoms with Gasteiger partial charge in [-0.3, -0.25) is 0 Å². The second-order valence-corrected chi connectivity index (χ2v) is 9.63. The molecule has 0 radical (unpaired) electrons. The van der Waals surface area contributed by atoms with E-state index in [1.54, 1.807) is 0 Å². The van der Waals surface area contributed by atoms with Crippen LogP contribution in [0.4, 0.5) is 0 Å². The van der Waals surface area contributed by atoms with Gasteiger partial charge in [-0.2, -0.15) is 0 Å². The standard InChI is InChI=1S/C12H29NO2Si/c1-11(2,3)14-16(7,10-8-9-13)15-12(4,5)6/h8-10,13H2,1-7H3. The molecule has 2 N–H and O–H groups in total. The minimum Gasteiger partial charge on any atom is -0.389 e. The number of hydrogen-bond donors (Lipinski definition) is 1. The van der Waals surface area contributed by atoms with Crippen LogP contribution in [0, 0.1) is 0 Å². The highest BCUT2D eigenvalue weighted by Gasteiger charge is 2.38. The van der Waals surface area contributed by atoms with Crippen molar-refractivity contribution in [3.05, 3.63) is 0 Å². The van der Waals surface area contributed by atoms with Gasteiger partial charge in [0.1, 0.15) is 0 Å². The van der Waals surface area contributed by atoms with E-state index in [1.165, 1.54) is 0 Å². The smallest absolute Gasteiger partial charge is 0.335 e. The number of rotatable bonds is 5. The van der Waals surface area contributed by atoms with Gasteiger partial charge in [0.25, 0.3) is 0 Å². The van der Waals surface area contributed by atoms with Crippen LogP contribution in [0.2, 0.25) is 12.6 Å². The minimum absolute atomic E-state index is 0.152. The van der Waals surface area contributed by atoms with E-state index >= 15 is 0 Å². The summed E-state index contributed by atoms with van der Waals surface area (Å²) in [5.74, 6) is 0. The molecular weight excluding hydrogens is 218 g/mol. The maximum Gasteiger partial charge on any atom is 0.335 e. The summed E-state index contributed by atoms with van der Waals surface area (Å²) in [5.41, 5.74) is 5.27. The Kier molecular flexibility index (Phi) is 5.66. The first-order chi connectivity index (χ1) is 6.97. The van der Waals surface area contributed by atoms with E-state index in [1.807, 2.05) is 0 Å². The van der Waals surface area contributed by atoms with Crippen molar-refractivity contribution in [1.82, 2.24) is 0 Å². The molecule has 0 aromatic carbocycles. The monoisotopic (exact) mass is 247 g/mol. The Morgan fingerprint density at radius 3 is 1.56 bits per heavy atom. The normalized spacial score (nSPS) is 14.2. The second-order valence-electron chi connectivity index (χ2n) is 6.45. The summed E-state index contributed by atoms with van der Waals surface area (Å²) >= 11 is 0. The van der Waals surface area contributed by atoms with Gasteiger partial charge in [0.2, 0.25) is 0 Å². The zero-order valence-electron chi connectivity index (χ0n) is 12.0. The summed E-state index contributed by atoms with van der Waals surface area (Å²) < 4.78 is 12.3. The van der Waals surface area contributed by atoms with Crippen molar-refractivity contribution in [1.29, 1.82) is 0 Å². The summed E-state index contributed by atoms with van der Waals surface area (Å²) in [6.45, 7) is 15.3. The third-order valence-corrected chi connectivity index (χ3v) is 5.23. The Bertz CT molecular complexity index is 190. The van der Waals surface area contributed by atoms with Gasteiger partial charge < -0.3 is 14.6 Å². The van der Waals surface area contributed by atoms with Crippen molar-refractivity contribution >= 4 is 8.56 Å². The van der Waals surface area contributed by atoms with Gasteiger partial charge in [-0.25, -0.2) is 0 Å². The molecular formula is C12H29NO2Si. The average Bonchev–Trinajstić information content (AvgIpc) is 1.93. The molecule has 4 heteroatoms. The Morgan fingerprint density at radius 2 is 1.31 bits per heavy atom. The minimum atomic E-state index is -2.12. The topological polar surface area (TPSA) is 44.5 Å². The molecule has 0 aliphatic heterocycles. The highest BCUT2D eigenvalue weighted by atomic mass is 28.4. The largest absolute Gasteiger partial charge is 0.389 e. The molecule has 0 aromatic rings. The molecule has 98 valence electrons. The van der Waals surface area contributed by atoms with Crippen LogP contribution in [0.5, 0.6) is 0 Å². The molecule has 0 saturated heterocycles. The molecule has 0 saturated carbocycles. The molecule has 3 nitrogen and oxygen atoms in total. The van der Waals surface area contributed by atoms with Crippen LogP contribution in [0.1, 0.15) is 48.0 Å². The summed E-state index contributed by atoms with van der Waals surface area (Å²) in [4.78, 5) is 0. The molecule has 0 atom stereocenters. The van der Waals surface area contributed by atoms with Crippen molar-refractivity contribution in [2.45, 2.75) is 71.8 Å². The molecule has 0 heterocycles. The number of nitrogens with two attached hydrogens (primary N) is 1. The van der Waals surface area contributed by atoms with Gasteiger partial charge in [0.05, 0.1) is 11.2 Å². The summed E-state index contributed by atoms with van der Waals surface area (Å²) in [5, 5.41) is 0. The van der Waals surface area contributed by atoms with Crippen molar-refractivity contribution in [2.75, 3.05) is 6.54 Å². The Balaban J connectivity index is 4.61. The number of hydrogen-bond acceptors (Lipinski definition) is 3. The third kappa shape index (κ3) is 8.27. The van der Waals surface area contributed by atoms with Crippen LogP contribution in [0.15, 0.2) is 0 Å². The molecule has 0 fully saturated rings. The first-order valence-electron chi connectivity index (χ1n) is 6.08. The summed E-state index contributed by atoms with van der Waals surface area (Å²) in [7, 11) is -2.12. The maximum absolute atomic E-state index is 6.16. The van der Waals surface area contributed by atoms with Crippen molar-refractivity contribution in [2.24, 2.45) is 5.73 Å². The van der Waals surface area contributed by atoms with Gasteiger partial charge in [-0.15, -0.1) is 0 Å². The van der Waals surface area contributed by atoms with E-state index in [0.29, 0.717) is 6.54 Å². The molecule has 0 spiro atoms. The van der Waals surface area contributed by atoms with Crippen LogP contribution in [0.25, 0.3) is 0 Å². The quantitative estimate of drug-likeness (QED) is 0.760. The van der Waals surface area contributed by atoms with Gasteiger partial charge in [-0.1, -0.05) is 0 Å². The zero-order valence-corrected chi connectivity index (χ0v) is 13.0.